The highest BCUT2D eigenvalue weighted by atomic mass is 32.2. The number of ether oxygens (including phenoxy) is 1. The van der Waals surface area contributed by atoms with Gasteiger partial charge in [-0.2, -0.15) is 9.82 Å². The van der Waals surface area contributed by atoms with Crippen LogP contribution in [0.3, 0.4) is 0 Å². The summed E-state index contributed by atoms with van der Waals surface area (Å²) in [5, 5.41) is 5.77. The number of esters is 1. The van der Waals surface area contributed by atoms with Crippen molar-refractivity contribution in [2.45, 2.75) is 4.90 Å². The second-order valence-electron chi connectivity index (χ2n) is 5.08. The van der Waals surface area contributed by atoms with E-state index in [-0.39, 0.29) is 10.5 Å². The van der Waals surface area contributed by atoms with Crippen molar-refractivity contribution < 1.29 is 27.5 Å². The monoisotopic (exact) mass is 380 g/mol. The van der Waals surface area contributed by atoms with E-state index in [1.807, 2.05) is 10.0 Å². The normalized spacial score (nSPS) is 11.0. The van der Waals surface area contributed by atoms with E-state index >= 15 is 0 Å². The molecule has 2 N–H and O–H groups in total. The molecule has 0 saturated heterocycles. The number of rotatable bonds is 7. The number of benzene rings is 1. The number of carbonyl (C=O) groups excluding carboxylic acids is 3. The number of sulfonamides is 1. The van der Waals surface area contributed by atoms with Crippen LogP contribution >= 0.6 is 0 Å². The SMILES string of the molecule is Cn1cc(S(=O)(=O)NCC(=O)OCC(=O)NC(=O)c2ccccc2)cn1. The lowest BCUT2D eigenvalue weighted by Crippen LogP contribution is -2.36. The third-order valence-electron chi connectivity index (χ3n) is 3.05. The molecular weight excluding hydrogens is 364 g/mol. The van der Waals surface area contributed by atoms with Gasteiger partial charge in [-0.3, -0.25) is 24.4 Å². The number of nitrogens with zero attached hydrogens (tertiary/aromatic N) is 2. The fraction of sp³-hybridized carbons (Fsp3) is 0.200. The van der Waals surface area contributed by atoms with Gasteiger partial charge in [0.2, 0.25) is 10.0 Å². The lowest BCUT2D eigenvalue weighted by molar-refractivity contribution is -0.147. The fourth-order valence-electron chi connectivity index (χ4n) is 1.80. The highest BCUT2D eigenvalue weighted by Crippen LogP contribution is 2.05. The Morgan fingerprint density at radius 3 is 2.50 bits per heavy atom. The molecule has 0 spiro atoms. The molecule has 0 unspecified atom stereocenters. The van der Waals surface area contributed by atoms with Crippen LogP contribution in [-0.2, 0) is 31.4 Å². The Morgan fingerprint density at radius 2 is 1.88 bits per heavy atom. The summed E-state index contributed by atoms with van der Waals surface area (Å²) in [7, 11) is -2.37. The molecular formula is C15H16N4O6S. The van der Waals surface area contributed by atoms with E-state index < -0.39 is 41.0 Å². The first kappa shape index (κ1) is 19.3. The van der Waals surface area contributed by atoms with E-state index in [0.717, 1.165) is 6.20 Å². The van der Waals surface area contributed by atoms with Crippen molar-refractivity contribution in [1.29, 1.82) is 0 Å². The molecule has 10 nitrogen and oxygen atoms in total. The summed E-state index contributed by atoms with van der Waals surface area (Å²) in [4.78, 5) is 34.8. The van der Waals surface area contributed by atoms with Gasteiger partial charge in [0.15, 0.2) is 6.61 Å². The van der Waals surface area contributed by atoms with Gasteiger partial charge in [-0.05, 0) is 12.1 Å². The Bertz CT molecular complexity index is 907. The van der Waals surface area contributed by atoms with Crippen molar-refractivity contribution >= 4 is 27.8 Å². The van der Waals surface area contributed by atoms with Crippen LogP contribution in [0, 0.1) is 0 Å². The van der Waals surface area contributed by atoms with E-state index in [1.54, 1.807) is 25.2 Å². The zero-order valence-corrected chi connectivity index (χ0v) is 14.5. The van der Waals surface area contributed by atoms with Crippen molar-refractivity contribution in [3.8, 4) is 0 Å². The van der Waals surface area contributed by atoms with Gasteiger partial charge < -0.3 is 4.74 Å². The topological polar surface area (TPSA) is 136 Å². The second-order valence-corrected chi connectivity index (χ2v) is 6.85. The number of hydrogen-bond acceptors (Lipinski definition) is 7. The molecule has 138 valence electrons. The summed E-state index contributed by atoms with van der Waals surface area (Å²) in [6, 6.07) is 8.01. The third-order valence-corrected chi connectivity index (χ3v) is 4.41. The Morgan fingerprint density at radius 1 is 1.19 bits per heavy atom. The molecule has 0 bridgehead atoms. The molecule has 0 aliphatic carbocycles. The number of hydrogen-bond donors (Lipinski definition) is 2. The molecule has 1 aromatic heterocycles. The smallest absolute Gasteiger partial charge is 0.321 e. The van der Waals surface area contributed by atoms with E-state index in [2.05, 4.69) is 9.84 Å². The Labute approximate surface area is 149 Å². The van der Waals surface area contributed by atoms with Crippen molar-refractivity contribution in [1.82, 2.24) is 19.8 Å². The van der Waals surface area contributed by atoms with E-state index in [4.69, 9.17) is 0 Å². The molecule has 2 aromatic rings. The largest absolute Gasteiger partial charge is 0.455 e. The van der Waals surface area contributed by atoms with Gasteiger partial charge in [0.1, 0.15) is 11.4 Å². The molecule has 1 aromatic carbocycles. The van der Waals surface area contributed by atoms with Crippen LogP contribution in [0.5, 0.6) is 0 Å². The average Bonchev–Trinajstić information content (AvgIpc) is 3.06. The molecule has 11 heteroatoms. The summed E-state index contributed by atoms with van der Waals surface area (Å²) in [6.07, 6.45) is 2.38. The van der Waals surface area contributed by atoms with Crippen molar-refractivity contribution in [2.75, 3.05) is 13.2 Å². The van der Waals surface area contributed by atoms with Crippen LogP contribution in [0.2, 0.25) is 0 Å². The first-order valence-corrected chi connectivity index (χ1v) is 8.79. The molecule has 0 atom stereocenters. The maximum atomic E-state index is 11.9. The lowest BCUT2D eigenvalue weighted by Gasteiger charge is -2.07. The molecule has 0 aliphatic heterocycles. The van der Waals surface area contributed by atoms with Gasteiger partial charge in [0, 0.05) is 18.8 Å². The van der Waals surface area contributed by atoms with E-state index in [0.29, 0.717) is 0 Å². The second kappa shape index (κ2) is 8.36. The number of aromatic nitrogens is 2. The average molecular weight is 380 g/mol. The highest BCUT2D eigenvalue weighted by Gasteiger charge is 2.18. The first-order chi connectivity index (χ1) is 12.3. The molecule has 0 saturated carbocycles. The Kier molecular flexibility index (Phi) is 6.20. The van der Waals surface area contributed by atoms with E-state index in [9.17, 15) is 22.8 Å². The highest BCUT2D eigenvalue weighted by molar-refractivity contribution is 7.89. The minimum absolute atomic E-state index is 0.112. The predicted molar refractivity (Wildman–Crippen MR) is 88.3 cm³/mol. The number of imide groups is 1. The van der Waals surface area contributed by atoms with Gasteiger partial charge >= 0.3 is 5.97 Å². The maximum absolute atomic E-state index is 11.9. The van der Waals surface area contributed by atoms with Crippen LogP contribution in [0.25, 0.3) is 0 Å². The van der Waals surface area contributed by atoms with E-state index in [1.165, 1.54) is 23.0 Å². The standard InChI is InChI=1S/C15H16N4O6S/c1-19-9-12(7-16-19)26(23,24)17-8-14(21)25-10-13(20)18-15(22)11-5-3-2-4-6-11/h2-7,9,17H,8,10H2,1H3,(H,18,20,22). The van der Waals surface area contributed by atoms with Gasteiger partial charge in [0.25, 0.3) is 11.8 Å². The summed E-state index contributed by atoms with van der Waals surface area (Å²) in [5.74, 6) is -2.44. The molecule has 26 heavy (non-hydrogen) atoms. The van der Waals surface area contributed by atoms with Crippen LogP contribution in [0.4, 0.5) is 0 Å². The summed E-state index contributed by atoms with van der Waals surface area (Å²) in [5.41, 5.74) is 0.274. The van der Waals surface area contributed by atoms with Gasteiger partial charge in [-0.25, -0.2) is 8.42 Å². The molecule has 2 rings (SSSR count). The first-order valence-electron chi connectivity index (χ1n) is 7.31. The van der Waals surface area contributed by atoms with Gasteiger partial charge in [-0.15, -0.1) is 0 Å². The van der Waals surface area contributed by atoms with Crippen molar-refractivity contribution in [3.05, 3.63) is 48.3 Å². The lowest BCUT2D eigenvalue weighted by atomic mass is 10.2. The van der Waals surface area contributed by atoms with Gasteiger partial charge in [0.05, 0.1) is 6.20 Å². The number of nitrogens with one attached hydrogen (secondary N) is 2. The van der Waals surface area contributed by atoms with Crippen LogP contribution in [0.1, 0.15) is 10.4 Å². The zero-order valence-electron chi connectivity index (χ0n) is 13.7. The quantitative estimate of drug-likeness (QED) is 0.600. The molecule has 0 aliphatic rings. The zero-order chi connectivity index (χ0) is 19.2. The van der Waals surface area contributed by atoms with Gasteiger partial charge in [-0.1, -0.05) is 18.2 Å². The molecule has 2 amide bonds. The van der Waals surface area contributed by atoms with Crippen LogP contribution in [-0.4, -0.2) is 49.1 Å². The number of carbonyl (C=O) groups is 3. The Hall–Kier alpha value is -3.05. The third kappa shape index (κ3) is 5.50. The molecule has 1 heterocycles. The minimum atomic E-state index is -3.92. The van der Waals surface area contributed by atoms with Crippen LogP contribution < -0.4 is 10.0 Å². The Balaban J connectivity index is 1.76. The number of aryl methyl sites for hydroxylation is 1. The summed E-state index contributed by atoms with van der Waals surface area (Å²) < 4.78 is 31.7. The summed E-state index contributed by atoms with van der Waals surface area (Å²) in [6.45, 7) is -1.39. The van der Waals surface area contributed by atoms with Crippen LogP contribution in [0.15, 0.2) is 47.6 Å². The molecule has 0 radical (unpaired) electrons. The van der Waals surface area contributed by atoms with Crippen molar-refractivity contribution in [3.63, 3.8) is 0 Å². The van der Waals surface area contributed by atoms with Crippen molar-refractivity contribution in [2.24, 2.45) is 7.05 Å². The maximum Gasteiger partial charge on any atom is 0.321 e. The summed E-state index contributed by atoms with van der Waals surface area (Å²) >= 11 is 0. The molecule has 0 fully saturated rings. The predicted octanol–water partition coefficient (Wildman–Crippen LogP) is -0.802. The fourth-order valence-corrected chi connectivity index (χ4v) is 2.75. The minimum Gasteiger partial charge on any atom is -0.455 e. The number of amides is 2.